The highest BCUT2D eigenvalue weighted by Gasteiger charge is 2.27. The number of nitrogens with zero attached hydrogens (tertiary/aromatic N) is 5. The number of aliphatic imine (C=N–C) groups is 1. The van der Waals surface area contributed by atoms with Gasteiger partial charge in [0.2, 0.25) is 0 Å². The molecule has 1 saturated heterocycles. The van der Waals surface area contributed by atoms with Crippen molar-refractivity contribution in [2.45, 2.75) is 12.6 Å². The van der Waals surface area contributed by atoms with E-state index in [0.29, 0.717) is 23.8 Å². The van der Waals surface area contributed by atoms with Crippen LogP contribution in [0.2, 0.25) is 5.02 Å². The van der Waals surface area contributed by atoms with Gasteiger partial charge in [-0.1, -0.05) is 71.3 Å². The number of ether oxygens (including phenoxy) is 1. The molecule has 6 rings (SSSR count). The topological polar surface area (TPSA) is 106 Å². The number of benzene rings is 2. The molecule has 1 unspecified atom stereocenters. The largest absolute Gasteiger partial charge is 0.403 e. The fraction of sp³-hybridized carbons (Fsp3) is 0.222. The van der Waals surface area contributed by atoms with Gasteiger partial charge in [0.25, 0.3) is 5.89 Å². The Morgan fingerprint density at radius 2 is 1.76 bits per heavy atom. The Hall–Kier alpha value is -4.08. The van der Waals surface area contributed by atoms with Crippen molar-refractivity contribution in [2.24, 2.45) is 4.99 Å². The van der Waals surface area contributed by atoms with Crippen LogP contribution < -0.4 is 10.2 Å². The minimum atomic E-state index is -0.895. The van der Waals surface area contributed by atoms with Crippen LogP contribution in [0.1, 0.15) is 16.7 Å². The molecule has 10 heteroatoms. The maximum atomic E-state index is 13.2. The SMILES string of the molecule is O=C1Cc2ccccc2C(c2ccccc2)=NC1Nc1nnc(-c2cnc(N3CCOCC3)cc2Cl)o1. The van der Waals surface area contributed by atoms with Crippen LogP contribution >= 0.6 is 11.6 Å². The molecule has 0 spiro atoms. The number of carbonyl (C=O) groups excluding carboxylic acids is 1. The third-order valence-electron chi connectivity index (χ3n) is 6.34. The molecule has 2 aromatic heterocycles. The molecule has 1 N–H and O–H groups in total. The number of ketones is 1. The standard InChI is InChI=1S/C27H23ClN6O3/c28-21-15-23(34-10-12-36-13-11-34)29-16-20(21)26-32-33-27(37-26)31-25-22(35)14-18-8-4-5-9-19(18)24(30-25)17-6-2-1-3-7-17/h1-9,15-16,25H,10-14H2,(H,31,33). The van der Waals surface area contributed by atoms with E-state index < -0.39 is 6.17 Å². The zero-order chi connectivity index (χ0) is 25.2. The summed E-state index contributed by atoms with van der Waals surface area (Å²) in [4.78, 5) is 24.6. The van der Waals surface area contributed by atoms with Crippen molar-refractivity contribution < 1.29 is 13.9 Å². The van der Waals surface area contributed by atoms with Gasteiger partial charge in [0.15, 0.2) is 11.9 Å². The van der Waals surface area contributed by atoms with Crippen molar-refractivity contribution in [3.63, 3.8) is 0 Å². The summed E-state index contributed by atoms with van der Waals surface area (Å²) in [5.41, 5.74) is 4.00. The van der Waals surface area contributed by atoms with Crippen LogP contribution in [0.25, 0.3) is 11.5 Å². The molecule has 0 amide bonds. The van der Waals surface area contributed by atoms with E-state index in [4.69, 9.17) is 25.7 Å². The van der Waals surface area contributed by atoms with Gasteiger partial charge in [0.05, 0.1) is 29.5 Å². The molecule has 4 aromatic rings. The number of rotatable bonds is 5. The molecule has 2 aliphatic heterocycles. The van der Waals surface area contributed by atoms with Crippen molar-refractivity contribution in [3.8, 4) is 11.5 Å². The number of halogens is 1. The highest BCUT2D eigenvalue weighted by Crippen LogP contribution is 2.30. The van der Waals surface area contributed by atoms with Crippen molar-refractivity contribution in [1.82, 2.24) is 15.2 Å². The molecule has 4 heterocycles. The predicted molar refractivity (Wildman–Crippen MR) is 140 cm³/mol. The number of morpholine rings is 1. The third kappa shape index (κ3) is 4.83. The van der Waals surface area contributed by atoms with Crippen LogP contribution in [0, 0.1) is 0 Å². The number of anilines is 2. The Morgan fingerprint density at radius 1 is 0.973 bits per heavy atom. The Kier molecular flexibility index (Phi) is 6.38. The van der Waals surface area contributed by atoms with Gasteiger partial charge in [-0.15, -0.1) is 5.10 Å². The van der Waals surface area contributed by atoms with Gasteiger partial charge in [-0.25, -0.2) is 4.98 Å². The molecule has 2 aromatic carbocycles. The molecule has 0 radical (unpaired) electrons. The van der Waals surface area contributed by atoms with Crippen LogP contribution in [0.4, 0.5) is 11.8 Å². The molecule has 186 valence electrons. The monoisotopic (exact) mass is 514 g/mol. The number of fused-ring (bicyclic) bond motifs is 1. The minimum absolute atomic E-state index is 0.0730. The lowest BCUT2D eigenvalue weighted by molar-refractivity contribution is -0.119. The fourth-order valence-corrected chi connectivity index (χ4v) is 4.68. The van der Waals surface area contributed by atoms with E-state index in [1.807, 2.05) is 54.6 Å². The maximum Gasteiger partial charge on any atom is 0.317 e. The first-order chi connectivity index (χ1) is 18.2. The van der Waals surface area contributed by atoms with Crippen molar-refractivity contribution in [2.75, 3.05) is 36.5 Å². The molecule has 37 heavy (non-hydrogen) atoms. The van der Waals surface area contributed by atoms with E-state index in [9.17, 15) is 4.79 Å². The summed E-state index contributed by atoms with van der Waals surface area (Å²) in [5, 5.41) is 11.7. The van der Waals surface area contributed by atoms with E-state index in [-0.39, 0.29) is 24.1 Å². The molecule has 1 atom stereocenters. The number of pyridine rings is 1. The Morgan fingerprint density at radius 3 is 2.57 bits per heavy atom. The second-order valence-electron chi connectivity index (χ2n) is 8.72. The van der Waals surface area contributed by atoms with Gasteiger partial charge in [-0.2, -0.15) is 0 Å². The van der Waals surface area contributed by atoms with E-state index in [1.54, 1.807) is 12.3 Å². The average Bonchev–Trinajstić information content (AvgIpc) is 3.35. The fourth-order valence-electron chi connectivity index (χ4n) is 4.45. The van der Waals surface area contributed by atoms with Crippen LogP contribution in [0.5, 0.6) is 0 Å². The lowest BCUT2D eigenvalue weighted by Crippen LogP contribution is -2.36. The van der Waals surface area contributed by atoms with Crippen molar-refractivity contribution in [3.05, 3.63) is 88.6 Å². The van der Waals surface area contributed by atoms with Crippen LogP contribution in [-0.2, 0) is 16.0 Å². The second kappa shape index (κ2) is 10.1. The smallest absolute Gasteiger partial charge is 0.317 e. The summed E-state index contributed by atoms with van der Waals surface area (Å²) in [5.74, 6) is 0.860. The molecule has 0 saturated carbocycles. The molecular formula is C27H23ClN6O3. The highest BCUT2D eigenvalue weighted by atomic mass is 35.5. The Labute approximate surface area is 218 Å². The Bertz CT molecular complexity index is 1470. The molecule has 9 nitrogen and oxygen atoms in total. The maximum absolute atomic E-state index is 13.2. The number of hydrogen-bond donors (Lipinski definition) is 1. The van der Waals surface area contributed by atoms with Crippen molar-refractivity contribution >= 4 is 34.9 Å². The summed E-state index contributed by atoms with van der Waals surface area (Å²) in [6, 6.07) is 19.4. The number of carbonyl (C=O) groups is 1. The highest BCUT2D eigenvalue weighted by molar-refractivity contribution is 6.33. The molecule has 2 aliphatic rings. The quantitative estimate of drug-likeness (QED) is 0.425. The normalized spacial score (nSPS) is 17.6. The van der Waals surface area contributed by atoms with Crippen LogP contribution in [0.15, 0.2) is 76.3 Å². The summed E-state index contributed by atoms with van der Waals surface area (Å²) in [7, 11) is 0. The number of hydrogen-bond acceptors (Lipinski definition) is 9. The third-order valence-corrected chi connectivity index (χ3v) is 6.65. The van der Waals surface area contributed by atoms with Gasteiger partial charge in [0.1, 0.15) is 5.82 Å². The number of aromatic nitrogens is 3. The lowest BCUT2D eigenvalue weighted by atomic mass is 9.96. The van der Waals surface area contributed by atoms with E-state index in [2.05, 4.69) is 25.4 Å². The van der Waals surface area contributed by atoms with E-state index in [0.717, 1.165) is 41.3 Å². The predicted octanol–water partition coefficient (Wildman–Crippen LogP) is 4.02. The van der Waals surface area contributed by atoms with Gasteiger partial charge in [-0.3, -0.25) is 9.79 Å². The zero-order valence-corrected chi connectivity index (χ0v) is 20.6. The van der Waals surface area contributed by atoms with Crippen LogP contribution in [-0.4, -0.2) is 59.1 Å². The first kappa shape index (κ1) is 23.3. The lowest BCUT2D eigenvalue weighted by Gasteiger charge is -2.27. The van der Waals surface area contributed by atoms with E-state index in [1.165, 1.54) is 0 Å². The first-order valence-electron chi connectivity index (χ1n) is 12.0. The van der Waals surface area contributed by atoms with Crippen molar-refractivity contribution in [1.29, 1.82) is 0 Å². The molecule has 0 bridgehead atoms. The summed E-state index contributed by atoms with van der Waals surface area (Å²) >= 11 is 6.55. The Balaban J connectivity index is 1.27. The summed E-state index contributed by atoms with van der Waals surface area (Å²) in [6.45, 7) is 2.81. The molecule has 0 aliphatic carbocycles. The zero-order valence-electron chi connectivity index (χ0n) is 19.8. The number of nitrogens with one attached hydrogen (secondary N) is 1. The van der Waals surface area contributed by atoms with Gasteiger partial charge in [0, 0.05) is 42.9 Å². The summed E-state index contributed by atoms with van der Waals surface area (Å²) in [6.07, 6.45) is 0.949. The second-order valence-corrected chi connectivity index (χ2v) is 9.13. The summed E-state index contributed by atoms with van der Waals surface area (Å²) < 4.78 is 11.2. The van der Waals surface area contributed by atoms with Gasteiger partial charge < -0.3 is 19.4 Å². The first-order valence-corrected chi connectivity index (χ1v) is 12.4. The van der Waals surface area contributed by atoms with Gasteiger partial charge >= 0.3 is 6.01 Å². The molecular weight excluding hydrogens is 492 g/mol. The van der Waals surface area contributed by atoms with Crippen LogP contribution in [0.3, 0.4) is 0 Å². The minimum Gasteiger partial charge on any atom is -0.403 e. The average molecular weight is 515 g/mol. The molecule has 1 fully saturated rings. The van der Waals surface area contributed by atoms with E-state index >= 15 is 0 Å². The number of Topliss-reactive ketones (excluding diaryl/α,β-unsaturated/α-hetero) is 1. The van der Waals surface area contributed by atoms with Gasteiger partial charge in [-0.05, 0) is 5.56 Å².